The van der Waals surface area contributed by atoms with Gasteiger partial charge in [-0.25, -0.2) is 9.18 Å². The maximum atomic E-state index is 15.1. The lowest BCUT2D eigenvalue weighted by Gasteiger charge is -2.30. The zero-order chi connectivity index (χ0) is 20.2. The Morgan fingerprint density at radius 1 is 1.46 bits per heavy atom. The van der Waals surface area contributed by atoms with E-state index in [-0.39, 0.29) is 35.6 Å². The number of pyridine rings is 1. The number of rotatable bonds is 3. The van der Waals surface area contributed by atoms with Crippen LogP contribution in [0.3, 0.4) is 0 Å². The van der Waals surface area contributed by atoms with Crippen LogP contribution in [0.5, 0.6) is 5.75 Å². The third-order valence-corrected chi connectivity index (χ3v) is 5.49. The lowest BCUT2D eigenvalue weighted by Crippen LogP contribution is -2.35. The van der Waals surface area contributed by atoms with Crippen molar-refractivity contribution in [2.24, 2.45) is 16.6 Å². The molecule has 3 heterocycles. The highest BCUT2D eigenvalue weighted by atomic mass is 19.1. The van der Waals surface area contributed by atoms with E-state index in [1.54, 1.807) is 14.0 Å². The van der Waals surface area contributed by atoms with E-state index in [0.717, 1.165) is 5.71 Å². The van der Waals surface area contributed by atoms with Gasteiger partial charge in [-0.15, -0.1) is 0 Å². The van der Waals surface area contributed by atoms with Crippen LogP contribution >= 0.6 is 0 Å². The number of nitrogens with two attached hydrogens (primary N) is 1. The summed E-state index contributed by atoms with van der Waals surface area (Å²) < 4.78 is 22.4. The van der Waals surface area contributed by atoms with Crippen LogP contribution < -0.4 is 20.9 Å². The Bertz CT molecular complexity index is 1080. The molecule has 3 N–H and O–H groups in total. The van der Waals surface area contributed by atoms with Crippen LogP contribution in [-0.2, 0) is 0 Å². The number of benzene rings is 1. The van der Waals surface area contributed by atoms with Gasteiger partial charge >= 0.3 is 5.97 Å². The average molecular weight is 388 g/mol. The summed E-state index contributed by atoms with van der Waals surface area (Å²) in [5.41, 5.74) is 6.38. The van der Waals surface area contributed by atoms with Gasteiger partial charge in [-0.3, -0.25) is 14.4 Å². The van der Waals surface area contributed by atoms with Crippen LogP contribution in [0.4, 0.5) is 10.1 Å². The molecule has 2 aromatic rings. The minimum Gasteiger partial charge on any atom is -0.487 e. The number of hydrogen-bond acceptors (Lipinski definition) is 6. The van der Waals surface area contributed by atoms with Gasteiger partial charge in [0, 0.05) is 37.2 Å². The number of aliphatic imine (C=N–C) groups is 1. The summed E-state index contributed by atoms with van der Waals surface area (Å²) in [6.07, 6.45) is 0. The van der Waals surface area contributed by atoms with Crippen LogP contribution in [0.1, 0.15) is 23.3 Å². The van der Waals surface area contributed by atoms with Crippen molar-refractivity contribution in [2.75, 3.05) is 38.2 Å². The average Bonchev–Trinajstić information content (AvgIpc) is 3.08. The molecule has 0 radical (unpaired) electrons. The Morgan fingerprint density at radius 3 is 2.82 bits per heavy atom. The molecule has 1 unspecified atom stereocenters. The minimum absolute atomic E-state index is 0.0198. The molecule has 28 heavy (non-hydrogen) atoms. The first kappa shape index (κ1) is 18.4. The first-order valence-corrected chi connectivity index (χ1v) is 9.05. The van der Waals surface area contributed by atoms with E-state index in [0.29, 0.717) is 30.5 Å². The number of aromatic nitrogens is 1. The van der Waals surface area contributed by atoms with Gasteiger partial charge in [-0.05, 0) is 19.1 Å². The molecule has 1 aromatic heterocycles. The molecule has 0 saturated carbocycles. The molecule has 9 heteroatoms. The SMILES string of the molecule is CN=C1CN(c2c(F)cc3cc(C(=O)O)c(=O)n4c3c2OC[C@@H]4C)CC1CN. The van der Waals surface area contributed by atoms with Crippen LogP contribution in [0, 0.1) is 11.7 Å². The first-order valence-electron chi connectivity index (χ1n) is 9.05. The zero-order valence-corrected chi connectivity index (χ0v) is 15.6. The van der Waals surface area contributed by atoms with Crippen LogP contribution in [0.15, 0.2) is 21.9 Å². The minimum atomic E-state index is -1.34. The highest BCUT2D eigenvalue weighted by molar-refractivity contribution is 6.00. The quantitative estimate of drug-likeness (QED) is 0.819. The van der Waals surface area contributed by atoms with Crippen LogP contribution in [0.25, 0.3) is 10.9 Å². The molecule has 1 saturated heterocycles. The number of carboxylic acid groups (broad SMARTS) is 1. The van der Waals surface area contributed by atoms with Crippen molar-refractivity contribution >= 4 is 28.3 Å². The van der Waals surface area contributed by atoms with Gasteiger partial charge in [0.05, 0.1) is 18.1 Å². The lowest BCUT2D eigenvalue weighted by molar-refractivity contribution is 0.0694. The summed E-state index contributed by atoms with van der Waals surface area (Å²) in [6, 6.07) is 2.10. The molecular weight excluding hydrogens is 367 g/mol. The number of aromatic carboxylic acids is 1. The molecule has 8 nitrogen and oxygen atoms in total. The predicted molar refractivity (Wildman–Crippen MR) is 103 cm³/mol. The number of carboxylic acids is 1. The van der Waals surface area contributed by atoms with Crippen molar-refractivity contribution in [3.8, 4) is 5.75 Å². The Balaban J connectivity index is 1.99. The van der Waals surface area contributed by atoms with E-state index in [2.05, 4.69) is 4.99 Å². The standard InChI is InChI=1S/C19H21FN4O4/c1-9-8-28-17-15-10(3-12(19(26)27)18(25)24(9)15)4-13(20)16(17)23-6-11(5-21)14(7-23)22-2/h3-4,9,11H,5-8,21H2,1-2H3,(H,26,27)/t9-,11?/m0/s1. The number of ether oxygens (including phenoxy) is 1. The molecule has 1 fully saturated rings. The summed E-state index contributed by atoms with van der Waals surface area (Å²) in [7, 11) is 1.69. The predicted octanol–water partition coefficient (Wildman–Crippen LogP) is 1.26. The maximum absolute atomic E-state index is 15.1. The van der Waals surface area contributed by atoms with Crippen molar-refractivity contribution in [1.82, 2.24) is 4.57 Å². The van der Waals surface area contributed by atoms with E-state index in [9.17, 15) is 14.7 Å². The fourth-order valence-electron chi connectivity index (χ4n) is 4.11. The molecule has 2 aliphatic heterocycles. The second-order valence-electron chi connectivity index (χ2n) is 7.20. The Hall–Kier alpha value is -2.94. The van der Waals surface area contributed by atoms with Gasteiger partial charge in [0.2, 0.25) is 0 Å². The summed E-state index contributed by atoms with van der Waals surface area (Å²) in [4.78, 5) is 30.3. The maximum Gasteiger partial charge on any atom is 0.341 e. The highest BCUT2D eigenvalue weighted by Gasteiger charge is 2.35. The van der Waals surface area contributed by atoms with Crippen molar-refractivity contribution < 1.29 is 19.0 Å². The Kier molecular flexibility index (Phi) is 4.34. The van der Waals surface area contributed by atoms with Crippen molar-refractivity contribution in [1.29, 1.82) is 0 Å². The number of carbonyl (C=O) groups is 1. The van der Waals surface area contributed by atoms with Gasteiger partial charge in [-0.2, -0.15) is 0 Å². The van der Waals surface area contributed by atoms with Crippen molar-refractivity contribution in [3.05, 3.63) is 33.9 Å². The smallest absolute Gasteiger partial charge is 0.341 e. The second-order valence-corrected chi connectivity index (χ2v) is 7.20. The summed E-state index contributed by atoms with van der Waals surface area (Å²) >= 11 is 0. The van der Waals surface area contributed by atoms with E-state index < -0.39 is 17.3 Å². The fraction of sp³-hybridized carbons (Fsp3) is 0.421. The normalized spacial score (nSPS) is 22.7. The topological polar surface area (TPSA) is 110 Å². The van der Waals surface area contributed by atoms with Gasteiger partial charge < -0.3 is 20.5 Å². The van der Waals surface area contributed by atoms with Gasteiger partial charge in [0.1, 0.15) is 17.9 Å². The summed E-state index contributed by atoms with van der Waals surface area (Å²) in [6.45, 7) is 3.22. The van der Waals surface area contributed by atoms with Gasteiger partial charge in [0.25, 0.3) is 5.56 Å². The molecule has 1 aromatic carbocycles. The van der Waals surface area contributed by atoms with E-state index >= 15 is 4.39 Å². The second kappa shape index (κ2) is 6.59. The molecular formula is C19H21FN4O4. The molecule has 0 bridgehead atoms. The number of nitrogens with zero attached hydrogens (tertiary/aromatic N) is 3. The lowest BCUT2D eigenvalue weighted by atomic mass is 10.1. The van der Waals surface area contributed by atoms with Crippen molar-refractivity contribution in [2.45, 2.75) is 13.0 Å². The van der Waals surface area contributed by atoms with E-state index in [1.165, 1.54) is 16.7 Å². The highest BCUT2D eigenvalue weighted by Crippen LogP contribution is 2.43. The summed E-state index contributed by atoms with van der Waals surface area (Å²) in [5, 5.41) is 9.67. The molecule has 148 valence electrons. The summed E-state index contributed by atoms with van der Waals surface area (Å²) in [5.74, 6) is -1.59. The molecule has 2 aliphatic rings. The molecule has 0 spiro atoms. The molecule has 4 rings (SSSR count). The van der Waals surface area contributed by atoms with E-state index in [1.807, 2.05) is 4.90 Å². The third kappa shape index (κ3) is 2.57. The molecule has 0 aliphatic carbocycles. The fourth-order valence-corrected chi connectivity index (χ4v) is 4.11. The molecule has 0 amide bonds. The Morgan fingerprint density at radius 2 is 2.21 bits per heavy atom. The van der Waals surface area contributed by atoms with E-state index in [4.69, 9.17) is 10.5 Å². The first-order chi connectivity index (χ1) is 13.4. The monoisotopic (exact) mass is 388 g/mol. The van der Waals surface area contributed by atoms with Gasteiger partial charge in [-0.1, -0.05) is 0 Å². The zero-order valence-electron chi connectivity index (χ0n) is 15.6. The largest absolute Gasteiger partial charge is 0.487 e. The van der Waals surface area contributed by atoms with Crippen molar-refractivity contribution in [3.63, 3.8) is 0 Å². The number of hydrogen-bond donors (Lipinski definition) is 2. The number of halogens is 1. The third-order valence-electron chi connectivity index (χ3n) is 5.49. The number of anilines is 1. The van der Waals surface area contributed by atoms with Crippen LogP contribution in [0.2, 0.25) is 0 Å². The molecule has 2 atom stereocenters. The Labute approximate surface area is 160 Å². The van der Waals surface area contributed by atoms with Crippen LogP contribution in [-0.4, -0.2) is 54.6 Å². The van der Waals surface area contributed by atoms with Gasteiger partial charge in [0.15, 0.2) is 11.6 Å².